The zero-order valence-corrected chi connectivity index (χ0v) is 25.5. The number of nitrogens with one attached hydrogen (secondary N) is 1. The number of ether oxygens (including phenoxy) is 1. The largest absolute Gasteiger partial charge is 0.383 e. The van der Waals surface area contributed by atoms with Crippen LogP contribution in [-0.4, -0.2) is 51.1 Å². The second-order valence-corrected chi connectivity index (χ2v) is 16.5. The van der Waals surface area contributed by atoms with E-state index in [0.717, 1.165) is 12.2 Å². The summed E-state index contributed by atoms with van der Waals surface area (Å²) in [6, 6.07) is 10.7. The smallest absolute Gasteiger partial charge is 0.314 e. The summed E-state index contributed by atoms with van der Waals surface area (Å²) >= 11 is 6.32. The van der Waals surface area contributed by atoms with Crippen LogP contribution >= 0.6 is 11.6 Å². The van der Waals surface area contributed by atoms with Gasteiger partial charge in [-0.15, -0.1) is 0 Å². The maximum absolute atomic E-state index is 13.4. The third kappa shape index (κ3) is 8.57. The summed E-state index contributed by atoms with van der Waals surface area (Å²) in [7, 11) is -1.28. The Labute approximate surface area is 253 Å². The van der Waals surface area contributed by atoms with Gasteiger partial charge >= 0.3 is 11.8 Å². The molecule has 0 aliphatic carbocycles. The van der Waals surface area contributed by atoms with Gasteiger partial charge in [0.1, 0.15) is 18.4 Å². The van der Waals surface area contributed by atoms with Gasteiger partial charge in [-0.2, -0.15) is 5.10 Å². The van der Waals surface area contributed by atoms with Gasteiger partial charge in [-0.1, -0.05) is 49.4 Å². The Bertz CT molecular complexity index is 1520. The normalized spacial score (nSPS) is 11.2. The number of fused-ring (bicyclic) bond motifs is 1. The van der Waals surface area contributed by atoms with Crippen LogP contribution in [0.3, 0.4) is 0 Å². The maximum Gasteiger partial charge on any atom is 0.314 e. The van der Waals surface area contributed by atoms with Crippen molar-refractivity contribution in [3.8, 4) is 0 Å². The Morgan fingerprint density at radius 3 is 2.54 bits per heavy atom. The molecule has 0 unspecified atom stereocenters. The summed E-state index contributed by atoms with van der Waals surface area (Å²) in [5.74, 6) is -2.02. The summed E-state index contributed by atoms with van der Waals surface area (Å²) < 4.78 is 20.8. The fourth-order valence-electron chi connectivity index (χ4n) is 3.89. The Hall–Kier alpha value is -3.35. The van der Waals surface area contributed by atoms with Gasteiger partial charge in [-0.25, -0.2) is 14.1 Å². The van der Waals surface area contributed by atoms with Crippen molar-refractivity contribution in [3.63, 3.8) is 0 Å². The van der Waals surface area contributed by atoms with Gasteiger partial charge in [0.05, 0.1) is 47.4 Å². The maximum atomic E-state index is 13.4. The molecule has 1 radical (unpaired) electrons. The number of anilines is 2. The van der Waals surface area contributed by atoms with Crippen LogP contribution in [0.5, 0.6) is 0 Å². The molecule has 221 valence electrons. The zero-order valence-electron chi connectivity index (χ0n) is 22.8. The predicted octanol–water partition coefficient (Wildman–Crippen LogP) is 4.68. The van der Waals surface area contributed by atoms with Crippen molar-refractivity contribution < 1.29 is 35.8 Å². The van der Waals surface area contributed by atoms with E-state index >= 15 is 0 Å². The van der Waals surface area contributed by atoms with Crippen molar-refractivity contribution in [2.24, 2.45) is 0 Å². The molecule has 3 N–H and O–H groups in total. The minimum Gasteiger partial charge on any atom is -0.383 e. The molecule has 14 heteroatoms. The van der Waals surface area contributed by atoms with Crippen LogP contribution in [0.15, 0.2) is 55.0 Å². The fourth-order valence-corrected chi connectivity index (χ4v) is 4.84. The quantitative estimate of drug-likeness (QED) is 0.145. The van der Waals surface area contributed by atoms with Crippen molar-refractivity contribution in [1.82, 2.24) is 24.6 Å². The van der Waals surface area contributed by atoms with Crippen LogP contribution in [0, 0.1) is 5.82 Å². The first-order valence-electron chi connectivity index (χ1n) is 12.6. The van der Waals surface area contributed by atoms with Gasteiger partial charge in [0.25, 0.3) is 0 Å². The number of halogens is 2. The molecule has 4 rings (SSSR count). The standard InChI is InChI=1S/C27H31ClFN7O3Si.Cu/c1-40(2,3)11-10-39-17-36-24-21(13-33-36)25(30)32-14-23(24)34-26(37)27(38)35(15-18-6-4-5-7-22(18)28)16-20-9-8-19(29)12-31-20;/h4-9,12-14H,10-11,15-17H2,1-3H3,(H2,30,32)(H,34,37);. The molecule has 0 atom stereocenters. The van der Waals surface area contributed by atoms with Crippen molar-refractivity contribution in [1.29, 1.82) is 0 Å². The second kappa shape index (κ2) is 14.0. The van der Waals surface area contributed by atoms with Crippen LogP contribution < -0.4 is 11.1 Å². The van der Waals surface area contributed by atoms with Crippen molar-refractivity contribution in [3.05, 3.63) is 77.1 Å². The molecule has 3 heterocycles. The number of nitrogens with zero attached hydrogens (tertiary/aromatic N) is 5. The van der Waals surface area contributed by atoms with Gasteiger partial charge < -0.3 is 20.7 Å². The Morgan fingerprint density at radius 2 is 1.85 bits per heavy atom. The zero-order chi connectivity index (χ0) is 28.9. The molecule has 0 aliphatic rings. The third-order valence-electron chi connectivity index (χ3n) is 6.10. The van der Waals surface area contributed by atoms with E-state index in [2.05, 4.69) is 40.0 Å². The van der Waals surface area contributed by atoms with Crippen LogP contribution in [0.4, 0.5) is 15.9 Å². The topological polar surface area (TPSA) is 128 Å². The van der Waals surface area contributed by atoms with E-state index in [9.17, 15) is 14.0 Å². The summed E-state index contributed by atoms with van der Waals surface area (Å²) in [4.78, 5) is 36.2. The number of rotatable bonds is 10. The summed E-state index contributed by atoms with van der Waals surface area (Å²) in [5.41, 5.74) is 7.83. The van der Waals surface area contributed by atoms with Gasteiger partial charge in [0.15, 0.2) is 0 Å². The van der Waals surface area contributed by atoms with Gasteiger partial charge in [-0.05, 0) is 29.8 Å². The number of aromatic nitrogens is 4. The monoisotopic (exact) mass is 646 g/mol. The van der Waals surface area contributed by atoms with Crippen molar-refractivity contribution in [2.45, 2.75) is 45.5 Å². The van der Waals surface area contributed by atoms with Crippen LogP contribution in [0.2, 0.25) is 30.7 Å². The number of nitrogens with two attached hydrogens (primary N) is 1. The van der Waals surface area contributed by atoms with Gasteiger partial charge in [0, 0.05) is 43.3 Å². The number of amides is 2. The number of pyridine rings is 2. The summed E-state index contributed by atoms with van der Waals surface area (Å²) in [6.45, 7) is 7.49. The molecular formula is C27H31ClCuFN7O3Si. The molecular weight excluding hydrogens is 616 g/mol. The average Bonchev–Trinajstić information content (AvgIpc) is 3.34. The molecule has 0 saturated carbocycles. The minimum absolute atomic E-state index is 0. The van der Waals surface area contributed by atoms with Gasteiger partial charge in [0.2, 0.25) is 0 Å². The molecule has 0 spiro atoms. The number of benzene rings is 1. The van der Waals surface area contributed by atoms with Gasteiger partial charge in [-0.3, -0.25) is 14.6 Å². The molecule has 10 nitrogen and oxygen atoms in total. The molecule has 0 fully saturated rings. The average molecular weight is 648 g/mol. The number of hydrogen-bond donors (Lipinski definition) is 2. The first kappa shape index (κ1) is 32.2. The molecule has 0 bridgehead atoms. The Balaban J connectivity index is 0.00000462. The molecule has 2 amide bonds. The molecule has 4 aromatic rings. The molecule has 0 saturated heterocycles. The van der Waals surface area contributed by atoms with E-state index < -0.39 is 25.7 Å². The van der Waals surface area contributed by atoms with E-state index in [-0.39, 0.29) is 48.4 Å². The predicted molar refractivity (Wildman–Crippen MR) is 155 cm³/mol. The first-order chi connectivity index (χ1) is 19.0. The summed E-state index contributed by atoms with van der Waals surface area (Å²) in [6.07, 6.45) is 3.97. The Morgan fingerprint density at radius 1 is 1.10 bits per heavy atom. The minimum atomic E-state index is -1.28. The van der Waals surface area contributed by atoms with Crippen molar-refractivity contribution >= 4 is 53.9 Å². The Kier molecular flexibility index (Phi) is 11.0. The number of carbonyl (C=O) groups excluding carboxylic acids is 2. The second-order valence-electron chi connectivity index (χ2n) is 10.5. The van der Waals surface area contributed by atoms with Crippen LogP contribution in [-0.2, 0) is 51.2 Å². The number of nitrogen functional groups attached to an aromatic ring is 1. The third-order valence-corrected chi connectivity index (χ3v) is 8.18. The van der Waals surface area contributed by atoms with E-state index in [1.54, 1.807) is 35.1 Å². The fraction of sp³-hybridized carbons (Fsp3) is 0.296. The van der Waals surface area contributed by atoms with E-state index in [1.807, 2.05) is 0 Å². The molecule has 41 heavy (non-hydrogen) atoms. The van der Waals surface area contributed by atoms with E-state index in [1.165, 1.54) is 23.2 Å². The van der Waals surface area contributed by atoms with Crippen LogP contribution in [0.1, 0.15) is 11.3 Å². The molecule has 1 aromatic carbocycles. The first-order valence-corrected chi connectivity index (χ1v) is 16.7. The van der Waals surface area contributed by atoms with E-state index in [4.69, 9.17) is 22.1 Å². The number of hydrogen-bond acceptors (Lipinski definition) is 7. The summed E-state index contributed by atoms with van der Waals surface area (Å²) in [5, 5.41) is 7.96. The SMILES string of the molecule is C[Si](C)(C)CCOCn1ncc2c(N)ncc(NC(=O)C(=O)N(Cc3ccc(F)cn3)Cc3ccccc3Cl)c21.[Cu]. The molecule has 0 aliphatic heterocycles. The van der Waals surface area contributed by atoms with E-state index in [0.29, 0.717) is 33.8 Å². The number of carbonyl (C=O) groups is 2. The van der Waals surface area contributed by atoms with Crippen molar-refractivity contribution in [2.75, 3.05) is 17.7 Å². The molecule has 3 aromatic heterocycles. The van der Waals surface area contributed by atoms with Crippen LogP contribution in [0.25, 0.3) is 10.9 Å².